The molecule has 1 heterocycles. The number of nitrogens with two attached hydrogens (primary N) is 1. The molecule has 3 rings (SSSR count). The van der Waals surface area contributed by atoms with Crippen molar-refractivity contribution in [3.05, 3.63) is 47.8 Å². The summed E-state index contributed by atoms with van der Waals surface area (Å²) >= 11 is 0. The molecule has 7 heteroatoms. The summed E-state index contributed by atoms with van der Waals surface area (Å²) < 4.78 is 23.9. The van der Waals surface area contributed by atoms with Gasteiger partial charge in [0, 0.05) is 25.2 Å². The SMILES string of the molecule is CC(=O)Oc1ccc2nc(Nc3cc(F)ccc3CN)oc2c1. The quantitative estimate of drug-likeness (QED) is 0.568. The van der Waals surface area contributed by atoms with Crippen molar-refractivity contribution in [2.45, 2.75) is 13.5 Å². The summed E-state index contributed by atoms with van der Waals surface area (Å²) in [6.45, 7) is 1.56. The second kappa shape index (κ2) is 6.05. The molecule has 0 saturated carbocycles. The summed E-state index contributed by atoms with van der Waals surface area (Å²) in [5.74, 6) is -0.450. The minimum atomic E-state index is -0.422. The zero-order valence-corrected chi connectivity index (χ0v) is 12.3. The topological polar surface area (TPSA) is 90.4 Å². The first-order chi connectivity index (χ1) is 11.0. The van der Waals surface area contributed by atoms with Crippen molar-refractivity contribution < 1.29 is 18.3 Å². The van der Waals surface area contributed by atoms with Crippen molar-refractivity contribution >= 4 is 28.8 Å². The van der Waals surface area contributed by atoms with Gasteiger partial charge in [-0.15, -0.1) is 0 Å². The van der Waals surface area contributed by atoms with Crippen LogP contribution in [0.5, 0.6) is 5.75 Å². The van der Waals surface area contributed by atoms with Gasteiger partial charge in [0.1, 0.15) is 17.1 Å². The van der Waals surface area contributed by atoms with Crippen LogP contribution in [0.15, 0.2) is 40.8 Å². The second-order valence-corrected chi connectivity index (χ2v) is 4.87. The zero-order chi connectivity index (χ0) is 16.4. The molecule has 0 radical (unpaired) electrons. The highest BCUT2D eigenvalue weighted by Crippen LogP contribution is 2.27. The van der Waals surface area contributed by atoms with Crippen LogP contribution in [0.3, 0.4) is 0 Å². The average molecular weight is 315 g/mol. The number of nitrogens with one attached hydrogen (secondary N) is 1. The fraction of sp³-hybridized carbons (Fsp3) is 0.125. The smallest absolute Gasteiger partial charge is 0.308 e. The van der Waals surface area contributed by atoms with Crippen molar-refractivity contribution in [2.75, 3.05) is 5.32 Å². The molecule has 2 aromatic carbocycles. The maximum atomic E-state index is 13.4. The van der Waals surface area contributed by atoms with E-state index in [4.69, 9.17) is 14.9 Å². The third-order valence-corrected chi connectivity index (χ3v) is 3.15. The molecule has 6 nitrogen and oxygen atoms in total. The Bertz CT molecular complexity index is 876. The summed E-state index contributed by atoms with van der Waals surface area (Å²) in [5, 5.41) is 2.91. The van der Waals surface area contributed by atoms with Gasteiger partial charge in [-0.1, -0.05) is 6.07 Å². The summed E-state index contributed by atoms with van der Waals surface area (Å²) in [7, 11) is 0. The van der Waals surface area contributed by atoms with Gasteiger partial charge >= 0.3 is 5.97 Å². The molecule has 0 spiro atoms. The Labute approximate surface area is 131 Å². The number of fused-ring (bicyclic) bond motifs is 1. The van der Waals surface area contributed by atoms with Crippen LogP contribution < -0.4 is 15.8 Å². The fourth-order valence-corrected chi connectivity index (χ4v) is 2.15. The van der Waals surface area contributed by atoms with Gasteiger partial charge in [0.2, 0.25) is 0 Å². The van der Waals surface area contributed by atoms with E-state index >= 15 is 0 Å². The van der Waals surface area contributed by atoms with Gasteiger partial charge in [-0.25, -0.2) is 4.39 Å². The normalized spacial score (nSPS) is 10.7. The Morgan fingerprint density at radius 1 is 1.35 bits per heavy atom. The molecule has 0 saturated heterocycles. The van der Waals surface area contributed by atoms with E-state index in [1.54, 1.807) is 24.3 Å². The molecule has 0 aliphatic carbocycles. The molecule has 0 amide bonds. The fourth-order valence-electron chi connectivity index (χ4n) is 2.15. The van der Waals surface area contributed by atoms with Crippen LogP contribution in [0.4, 0.5) is 16.1 Å². The molecule has 0 atom stereocenters. The van der Waals surface area contributed by atoms with Gasteiger partial charge in [0.05, 0.1) is 0 Å². The van der Waals surface area contributed by atoms with E-state index in [0.29, 0.717) is 22.5 Å². The Hall–Kier alpha value is -2.93. The maximum Gasteiger partial charge on any atom is 0.308 e. The van der Waals surface area contributed by atoms with Gasteiger partial charge < -0.3 is 20.2 Å². The molecule has 23 heavy (non-hydrogen) atoms. The third kappa shape index (κ3) is 3.29. The average Bonchev–Trinajstić information content (AvgIpc) is 2.88. The molecule has 118 valence electrons. The van der Waals surface area contributed by atoms with Crippen molar-refractivity contribution in [2.24, 2.45) is 5.73 Å². The minimum Gasteiger partial charge on any atom is -0.427 e. The number of carbonyl (C=O) groups excluding carboxylic acids is 1. The Morgan fingerprint density at radius 2 is 2.17 bits per heavy atom. The number of nitrogens with zero attached hydrogens (tertiary/aromatic N) is 1. The van der Waals surface area contributed by atoms with Gasteiger partial charge in [0.15, 0.2) is 5.58 Å². The number of rotatable bonds is 4. The van der Waals surface area contributed by atoms with E-state index in [9.17, 15) is 9.18 Å². The van der Waals surface area contributed by atoms with Gasteiger partial charge in [-0.05, 0) is 29.8 Å². The predicted molar refractivity (Wildman–Crippen MR) is 82.9 cm³/mol. The van der Waals surface area contributed by atoms with Crippen LogP contribution in [0.2, 0.25) is 0 Å². The largest absolute Gasteiger partial charge is 0.427 e. The van der Waals surface area contributed by atoms with Crippen LogP contribution >= 0.6 is 0 Å². The van der Waals surface area contributed by atoms with E-state index < -0.39 is 11.8 Å². The van der Waals surface area contributed by atoms with E-state index in [-0.39, 0.29) is 12.6 Å². The lowest BCUT2D eigenvalue weighted by Gasteiger charge is -2.07. The van der Waals surface area contributed by atoms with Crippen LogP contribution in [-0.4, -0.2) is 11.0 Å². The number of hydrogen-bond acceptors (Lipinski definition) is 6. The molecular weight excluding hydrogens is 301 g/mol. The second-order valence-electron chi connectivity index (χ2n) is 4.87. The van der Waals surface area contributed by atoms with E-state index in [2.05, 4.69) is 10.3 Å². The summed E-state index contributed by atoms with van der Waals surface area (Å²) in [6, 6.07) is 9.29. The lowest BCUT2D eigenvalue weighted by atomic mass is 10.2. The summed E-state index contributed by atoms with van der Waals surface area (Å²) in [5.41, 5.74) is 7.87. The lowest BCUT2D eigenvalue weighted by Crippen LogP contribution is -2.02. The number of halogens is 1. The molecular formula is C16H14FN3O3. The van der Waals surface area contributed by atoms with Crippen molar-refractivity contribution in [1.82, 2.24) is 4.98 Å². The predicted octanol–water partition coefficient (Wildman–Crippen LogP) is 3.09. The molecule has 1 aromatic heterocycles. The number of anilines is 2. The Kier molecular flexibility index (Phi) is 3.94. The maximum absolute atomic E-state index is 13.4. The van der Waals surface area contributed by atoms with E-state index in [1.807, 2.05) is 0 Å². The molecule has 0 fully saturated rings. The number of oxazole rings is 1. The number of carbonyl (C=O) groups is 1. The molecule has 0 aliphatic heterocycles. The molecule has 0 bridgehead atoms. The zero-order valence-electron chi connectivity index (χ0n) is 12.3. The lowest BCUT2D eigenvalue weighted by molar-refractivity contribution is -0.131. The van der Waals surface area contributed by atoms with Crippen molar-refractivity contribution in [3.8, 4) is 5.75 Å². The monoisotopic (exact) mass is 315 g/mol. The van der Waals surface area contributed by atoms with Crippen LogP contribution in [0.25, 0.3) is 11.1 Å². The van der Waals surface area contributed by atoms with Crippen LogP contribution in [-0.2, 0) is 11.3 Å². The van der Waals surface area contributed by atoms with Gasteiger partial charge in [-0.3, -0.25) is 4.79 Å². The molecule has 0 unspecified atom stereocenters. The number of ether oxygens (including phenoxy) is 1. The van der Waals surface area contributed by atoms with Crippen LogP contribution in [0, 0.1) is 5.82 Å². The van der Waals surface area contributed by atoms with Gasteiger partial charge in [-0.2, -0.15) is 4.98 Å². The standard InChI is InChI=1S/C16H14FN3O3/c1-9(21)22-12-4-5-13-15(7-12)23-16(19-13)20-14-6-11(17)3-2-10(14)8-18/h2-7H,8,18H2,1H3,(H,19,20). The first-order valence-electron chi connectivity index (χ1n) is 6.89. The number of hydrogen-bond donors (Lipinski definition) is 2. The summed E-state index contributed by atoms with van der Waals surface area (Å²) in [4.78, 5) is 15.2. The van der Waals surface area contributed by atoms with E-state index in [1.165, 1.54) is 19.1 Å². The summed E-state index contributed by atoms with van der Waals surface area (Å²) in [6.07, 6.45) is 0. The number of esters is 1. The minimum absolute atomic E-state index is 0.195. The van der Waals surface area contributed by atoms with E-state index in [0.717, 1.165) is 5.56 Å². The highest BCUT2D eigenvalue weighted by molar-refractivity contribution is 5.78. The van der Waals surface area contributed by atoms with Crippen molar-refractivity contribution in [3.63, 3.8) is 0 Å². The Balaban J connectivity index is 1.92. The first-order valence-corrected chi connectivity index (χ1v) is 6.89. The van der Waals surface area contributed by atoms with Crippen LogP contribution in [0.1, 0.15) is 12.5 Å². The van der Waals surface area contributed by atoms with Crippen molar-refractivity contribution in [1.29, 1.82) is 0 Å². The molecule has 0 aliphatic rings. The third-order valence-electron chi connectivity index (χ3n) is 3.15. The highest BCUT2D eigenvalue weighted by atomic mass is 19.1. The molecule has 3 aromatic rings. The van der Waals surface area contributed by atoms with Gasteiger partial charge in [0.25, 0.3) is 6.01 Å². The number of aromatic nitrogens is 1. The molecule has 3 N–H and O–H groups in total. The first kappa shape index (κ1) is 15.0. The Morgan fingerprint density at radius 3 is 2.91 bits per heavy atom. The highest BCUT2D eigenvalue weighted by Gasteiger charge is 2.10. The number of benzene rings is 2.